The molecule has 2 amide bonds. The Morgan fingerprint density at radius 1 is 1.29 bits per heavy atom. The van der Waals surface area contributed by atoms with Gasteiger partial charge in [-0.1, -0.05) is 24.1 Å². The van der Waals surface area contributed by atoms with Crippen molar-refractivity contribution in [1.82, 2.24) is 25.5 Å². The van der Waals surface area contributed by atoms with E-state index in [-0.39, 0.29) is 18.2 Å². The Kier molecular flexibility index (Phi) is 6.13. The van der Waals surface area contributed by atoms with E-state index in [0.717, 1.165) is 16.9 Å². The molecule has 9 nitrogen and oxygen atoms in total. The zero-order valence-corrected chi connectivity index (χ0v) is 18.7. The van der Waals surface area contributed by atoms with Crippen LogP contribution in [0.2, 0.25) is 0 Å². The molecule has 0 saturated carbocycles. The van der Waals surface area contributed by atoms with Crippen LogP contribution >= 0.6 is 0 Å². The number of carbonyl (C=O) groups is 1. The van der Waals surface area contributed by atoms with Crippen molar-refractivity contribution in [3.8, 4) is 18.1 Å². The lowest BCUT2D eigenvalue weighted by molar-refractivity contribution is 0.251. The number of terminal acetylenes is 1. The van der Waals surface area contributed by atoms with Crippen LogP contribution in [0.4, 0.5) is 26.4 Å². The lowest BCUT2D eigenvalue weighted by Gasteiger charge is -2.19. The molecule has 1 atom stereocenters. The number of urea groups is 1. The van der Waals surface area contributed by atoms with Gasteiger partial charge in [0.25, 0.3) is 0 Å². The summed E-state index contributed by atoms with van der Waals surface area (Å²) in [6.07, 6.45) is 9.16. The standard InChI is InChI=1S/C25H22FN7O2/c1-2-11-35-22-8-7-17(26)12-20(22)31-25(34)27-10-9-16-14-33(21-6-4-3-5-18(16)21)24-19-13-30-32-23(19)28-15-29-24/h1,3-8,12-13,15-16H,9-11,14H2,(H2,27,31,34)(H,28,29,30,32). The van der Waals surface area contributed by atoms with E-state index in [2.05, 4.69) is 53.8 Å². The van der Waals surface area contributed by atoms with Gasteiger partial charge < -0.3 is 20.3 Å². The van der Waals surface area contributed by atoms with Crippen LogP contribution in [0.3, 0.4) is 0 Å². The quantitative estimate of drug-likeness (QED) is 0.352. The second kappa shape index (κ2) is 9.69. The van der Waals surface area contributed by atoms with E-state index in [1.54, 1.807) is 6.20 Å². The summed E-state index contributed by atoms with van der Waals surface area (Å²) in [5, 5.41) is 13.3. The summed E-state index contributed by atoms with van der Waals surface area (Å²) >= 11 is 0. The third kappa shape index (κ3) is 4.56. The molecule has 5 rings (SSSR count). The smallest absolute Gasteiger partial charge is 0.319 e. The minimum atomic E-state index is -0.493. The normalized spacial score (nSPS) is 14.4. The number of fused-ring (bicyclic) bond motifs is 2. The van der Waals surface area contributed by atoms with Crippen LogP contribution in [0.5, 0.6) is 5.75 Å². The molecule has 1 aliphatic rings. The SMILES string of the molecule is C#CCOc1ccc(F)cc1NC(=O)NCCC1CN(c2ncnc3[nH]ncc23)c2ccccc21. The molecule has 1 aliphatic heterocycles. The Labute approximate surface area is 200 Å². The highest BCUT2D eigenvalue weighted by atomic mass is 19.1. The number of carbonyl (C=O) groups excluding carboxylic acids is 1. The van der Waals surface area contributed by atoms with Crippen LogP contribution in [0, 0.1) is 18.2 Å². The van der Waals surface area contributed by atoms with Gasteiger partial charge in [0.1, 0.15) is 30.3 Å². The molecule has 35 heavy (non-hydrogen) atoms. The number of benzene rings is 2. The number of H-pyrrole nitrogens is 1. The van der Waals surface area contributed by atoms with Crippen molar-refractivity contribution >= 4 is 34.3 Å². The summed E-state index contributed by atoms with van der Waals surface area (Å²) in [6.45, 7) is 1.13. The first-order valence-electron chi connectivity index (χ1n) is 11.0. The number of halogens is 1. The van der Waals surface area contributed by atoms with Crippen LogP contribution in [0.1, 0.15) is 17.9 Å². The summed E-state index contributed by atoms with van der Waals surface area (Å²) in [5.74, 6) is 3.12. The third-order valence-electron chi connectivity index (χ3n) is 5.83. The summed E-state index contributed by atoms with van der Waals surface area (Å²) in [6, 6.07) is 11.6. The van der Waals surface area contributed by atoms with Gasteiger partial charge in [-0.15, -0.1) is 6.42 Å². The molecule has 2 aromatic carbocycles. The number of nitrogens with one attached hydrogen (secondary N) is 3. The summed E-state index contributed by atoms with van der Waals surface area (Å²) in [5.41, 5.74) is 3.14. The molecule has 4 aromatic rings. The van der Waals surface area contributed by atoms with Gasteiger partial charge in [-0.3, -0.25) is 5.10 Å². The molecular formula is C25H22FN7O2. The number of para-hydroxylation sites is 1. The third-order valence-corrected chi connectivity index (χ3v) is 5.83. The molecule has 176 valence electrons. The van der Waals surface area contributed by atoms with Crippen LogP contribution < -0.4 is 20.3 Å². The average Bonchev–Trinajstić information content (AvgIpc) is 3.49. The van der Waals surface area contributed by atoms with Gasteiger partial charge in [-0.25, -0.2) is 19.2 Å². The first-order valence-corrected chi connectivity index (χ1v) is 11.0. The first-order chi connectivity index (χ1) is 17.1. The maximum atomic E-state index is 13.7. The number of rotatable bonds is 7. The number of aromatic amines is 1. The van der Waals surface area contributed by atoms with Crippen LogP contribution in [0.25, 0.3) is 11.0 Å². The largest absolute Gasteiger partial charge is 0.479 e. The minimum Gasteiger partial charge on any atom is -0.479 e. The van der Waals surface area contributed by atoms with Gasteiger partial charge >= 0.3 is 6.03 Å². The van der Waals surface area contributed by atoms with Gasteiger partial charge in [-0.05, 0) is 30.2 Å². The van der Waals surface area contributed by atoms with Gasteiger partial charge in [0.2, 0.25) is 0 Å². The number of aromatic nitrogens is 4. The van der Waals surface area contributed by atoms with Gasteiger partial charge in [0, 0.05) is 30.8 Å². The molecule has 10 heteroatoms. The zero-order valence-electron chi connectivity index (χ0n) is 18.7. The predicted octanol–water partition coefficient (Wildman–Crippen LogP) is 3.95. The second-order valence-electron chi connectivity index (χ2n) is 8.00. The Hall–Kier alpha value is -4.65. The first kappa shape index (κ1) is 22.2. The van der Waals surface area contributed by atoms with E-state index < -0.39 is 11.8 Å². The predicted molar refractivity (Wildman–Crippen MR) is 130 cm³/mol. The molecular weight excluding hydrogens is 449 g/mol. The second-order valence-corrected chi connectivity index (χ2v) is 8.00. The monoisotopic (exact) mass is 471 g/mol. The Morgan fingerprint density at radius 2 is 2.17 bits per heavy atom. The topological polar surface area (TPSA) is 108 Å². The Morgan fingerprint density at radius 3 is 3.06 bits per heavy atom. The van der Waals surface area contributed by atoms with Crippen molar-refractivity contribution in [3.05, 3.63) is 66.4 Å². The van der Waals surface area contributed by atoms with Gasteiger partial charge in [0.15, 0.2) is 5.65 Å². The highest BCUT2D eigenvalue weighted by Crippen LogP contribution is 2.42. The minimum absolute atomic E-state index is 0.0109. The number of anilines is 3. The molecule has 0 bridgehead atoms. The fourth-order valence-corrected chi connectivity index (χ4v) is 4.28. The molecule has 0 fully saturated rings. The molecule has 0 aliphatic carbocycles. The molecule has 0 spiro atoms. The zero-order chi connectivity index (χ0) is 24.2. The van der Waals surface area contributed by atoms with E-state index in [4.69, 9.17) is 11.2 Å². The van der Waals surface area contributed by atoms with E-state index in [0.29, 0.717) is 30.9 Å². The van der Waals surface area contributed by atoms with E-state index >= 15 is 0 Å². The number of amides is 2. The molecule has 0 radical (unpaired) electrons. The van der Waals surface area contributed by atoms with E-state index in [1.807, 2.05) is 12.1 Å². The van der Waals surface area contributed by atoms with Crippen molar-refractivity contribution < 1.29 is 13.9 Å². The highest BCUT2D eigenvalue weighted by Gasteiger charge is 2.31. The molecule has 3 N–H and O–H groups in total. The number of hydrogen-bond acceptors (Lipinski definition) is 6. The van der Waals surface area contributed by atoms with Crippen molar-refractivity contribution in [1.29, 1.82) is 0 Å². The summed E-state index contributed by atoms with van der Waals surface area (Å²) < 4.78 is 19.1. The summed E-state index contributed by atoms with van der Waals surface area (Å²) in [4.78, 5) is 23.4. The van der Waals surface area contributed by atoms with Crippen molar-refractivity contribution in [2.24, 2.45) is 0 Å². The molecule has 3 heterocycles. The number of ether oxygens (including phenoxy) is 1. The molecule has 0 saturated heterocycles. The van der Waals surface area contributed by atoms with E-state index in [1.165, 1.54) is 30.1 Å². The molecule has 2 aromatic heterocycles. The maximum absolute atomic E-state index is 13.7. The van der Waals surface area contributed by atoms with Crippen molar-refractivity contribution in [2.45, 2.75) is 12.3 Å². The Balaban J connectivity index is 1.25. The lowest BCUT2D eigenvalue weighted by atomic mass is 9.98. The lowest BCUT2D eigenvalue weighted by Crippen LogP contribution is -2.31. The molecule has 1 unspecified atom stereocenters. The van der Waals surface area contributed by atoms with Gasteiger partial charge in [-0.2, -0.15) is 5.10 Å². The fraction of sp³-hybridized carbons (Fsp3) is 0.200. The van der Waals surface area contributed by atoms with Crippen LogP contribution in [-0.4, -0.2) is 45.9 Å². The van der Waals surface area contributed by atoms with E-state index in [9.17, 15) is 9.18 Å². The van der Waals surface area contributed by atoms with Crippen molar-refractivity contribution in [2.75, 3.05) is 29.9 Å². The Bertz CT molecular complexity index is 1410. The average molecular weight is 471 g/mol. The maximum Gasteiger partial charge on any atom is 0.319 e. The van der Waals surface area contributed by atoms with Gasteiger partial charge in [0.05, 0.1) is 17.3 Å². The fourth-order valence-electron chi connectivity index (χ4n) is 4.28. The number of nitrogens with zero attached hydrogens (tertiary/aromatic N) is 4. The summed E-state index contributed by atoms with van der Waals surface area (Å²) in [7, 11) is 0. The number of hydrogen-bond donors (Lipinski definition) is 3. The van der Waals surface area contributed by atoms with Crippen LogP contribution in [0.15, 0.2) is 55.0 Å². The van der Waals surface area contributed by atoms with Crippen LogP contribution in [-0.2, 0) is 0 Å². The highest BCUT2D eigenvalue weighted by molar-refractivity contribution is 5.91. The van der Waals surface area contributed by atoms with Crippen molar-refractivity contribution in [3.63, 3.8) is 0 Å².